The van der Waals surface area contributed by atoms with E-state index in [1.54, 1.807) is 13.2 Å². The number of nitrogens with zero attached hydrogens (tertiary/aromatic N) is 3. The van der Waals surface area contributed by atoms with Gasteiger partial charge in [0, 0.05) is 12.6 Å². The maximum atomic E-state index is 13.1. The van der Waals surface area contributed by atoms with Crippen molar-refractivity contribution in [2.24, 2.45) is 7.05 Å². The van der Waals surface area contributed by atoms with Gasteiger partial charge >= 0.3 is 6.01 Å². The molecule has 0 bridgehead atoms. The Hall–Kier alpha value is -3.87. The summed E-state index contributed by atoms with van der Waals surface area (Å²) in [6.07, 6.45) is 2.27. The quantitative estimate of drug-likeness (QED) is 0.244. The lowest BCUT2D eigenvalue weighted by molar-refractivity contribution is 0.0991. The molecule has 2 N–H and O–H groups in total. The van der Waals surface area contributed by atoms with Crippen molar-refractivity contribution >= 4 is 22.6 Å². The molecule has 7 heteroatoms. The summed E-state index contributed by atoms with van der Waals surface area (Å²) < 4.78 is 13.9. The maximum absolute atomic E-state index is 13.1. The van der Waals surface area contributed by atoms with Crippen molar-refractivity contribution in [2.45, 2.75) is 66.7 Å². The van der Waals surface area contributed by atoms with Crippen LogP contribution in [0.25, 0.3) is 11.0 Å². The largest absolute Gasteiger partial charge is 0.494 e. The van der Waals surface area contributed by atoms with Crippen LogP contribution in [0.5, 0.6) is 17.5 Å². The van der Waals surface area contributed by atoms with Gasteiger partial charge in [-0.15, -0.1) is 0 Å². The zero-order chi connectivity index (χ0) is 27.7. The fraction of sp³-hybridized carbons (Fsp3) is 0.387. The molecule has 4 rings (SSSR count). The minimum atomic E-state index is -0.0137. The molecule has 0 aliphatic carbocycles. The summed E-state index contributed by atoms with van der Waals surface area (Å²) in [4.78, 5) is 22.4. The predicted octanol–water partition coefficient (Wildman–Crippen LogP) is 6.91. The fourth-order valence-electron chi connectivity index (χ4n) is 5.08. The van der Waals surface area contributed by atoms with Crippen LogP contribution in [0.3, 0.4) is 0 Å². The van der Waals surface area contributed by atoms with Gasteiger partial charge in [0.15, 0.2) is 5.78 Å². The van der Waals surface area contributed by atoms with Crippen LogP contribution >= 0.6 is 0 Å². The third-order valence-electron chi connectivity index (χ3n) is 7.84. The average molecular weight is 515 g/mol. The molecule has 7 nitrogen and oxygen atoms in total. The predicted molar refractivity (Wildman–Crippen MR) is 153 cm³/mol. The highest BCUT2D eigenvalue weighted by Gasteiger charge is 2.22. The zero-order valence-electron chi connectivity index (χ0n) is 23.7. The Labute approximate surface area is 225 Å². The van der Waals surface area contributed by atoms with Crippen molar-refractivity contribution in [1.29, 1.82) is 0 Å². The molecule has 2 heterocycles. The molecule has 200 valence electrons. The highest BCUT2D eigenvalue weighted by atomic mass is 16.5. The van der Waals surface area contributed by atoms with Gasteiger partial charge in [-0.2, -0.15) is 4.98 Å². The number of aryl methyl sites for hydroxylation is 2. The molecule has 2 aromatic carbocycles. The van der Waals surface area contributed by atoms with Crippen molar-refractivity contribution in [3.05, 3.63) is 69.4 Å². The number of ether oxygens (including phenoxy) is 2. The molecule has 38 heavy (non-hydrogen) atoms. The number of carbonyl (C=O) groups is 1. The lowest BCUT2D eigenvalue weighted by Crippen LogP contribution is -2.11. The van der Waals surface area contributed by atoms with E-state index in [9.17, 15) is 4.79 Å². The molecular weight excluding hydrogens is 476 g/mol. The number of Topliss-reactive ketones (excluding diaryl/α,β-unsaturated/α-hetero) is 1. The number of methoxy groups -OCH3 is 1. The van der Waals surface area contributed by atoms with Crippen molar-refractivity contribution in [3.63, 3.8) is 0 Å². The molecule has 0 radical (unpaired) electrons. The third-order valence-corrected chi connectivity index (χ3v) is 7.84. The number of fused-ring (bicyclic) bond motifs is 1. The normalized spacial score (nSPS) is 11.4. The molecule has 0 aliphatic heterocycles. The second-order valence-electron chi connectivity index (χ2n) is 10.0. The fourth-order valence-corrected chi connectivity index (χ4v) is 5.08. The number of ketones is 1. The molecule has 0 saturated heterocycles. The van der Waals surface area contributed by atoms with Gasteiger partial charge in [-0.05, 0) is 98.5 Å². The summed E-state index contributed by atoms with van der Waals surface area (Å²) in [7, 11) is 3.62. The summed E-state index contributed by atoms with van der Waals surface area (Å²) in [5.74, 6) is 2.24. The van der Waals surface area contributed by atoms with Gasteiger partial charge in [0.2, 0.25) is 0 Å². The Bertz CT molecular complexity index is 1520. The minimum Gasteiger partial charge on any atom is -0.494 e. The second-order valence-corrected chi connectivity index (χ2v) is 10.0. The van der Waals surface area contributed by atoms with Gasteiger partial charge < -0.3 is 15.2 Å². The lowest BCUT2D eigenvalue weighted by atomic mass is 9.92. The van der Waals surface area contributed by atoms with Gasteiger partial charge in [-0.1, -0.05) is 19.9 Å². The topological polar surface area (TPSA) is 92.3 Å². The molecule has 0 saturated carbocycles. The van der Waals surface area contributed by atoms with E-state index in [0.29, 0.717) is 34.8 Å². The SMILES string of the molecule is CCC(CC)c1ccc(OC)c2nc(Oc3ccc(C(=O)Cc4nc(N)c(C)c(C)c4C)cc3C)n(C)c12. The first-order valence-corrected chi connectivity index (χ1v) is 13.2. The van der Waals surface area contributed by atoms with E-state index < -0.39 is 0 Å². The van der Waals surface area contributed by atoms with Crippen molar-refractivity contribution in [3.8, 4) is 17.5 Å². The van der Waals surface area contributed by atoms with E-state index in [4.69, 9.17) is 20.2 Å². The molecule has 0 amide bonds. The Morgan fingerprint density at radius 3 is 2.29 bits per heavy atom. The van der Waals surface area contributed by atoms with Crippen LogP contribution in [0.4, 0.5) is 5.82 Å². The molecule has 0 unspecified atom stereocenters. The first-order valence-electron chi connectivity index (χ1n) is 13.2. The minimum absolute atomic E-state index is 0.0137. The smallest absolute Gasteiger partial charge is 0.302 e. The molecule has 0 atom stereocenters. The van der Waals surface area contributed by atoms with Gasteiger partial charge in [0.25, 0.3) is 0 Å². The van der Waals surface area contributed by atoms with E-state index in [1.807, 2.05) is 57.5 Å². The van der Waals surface area contributed by atoms with Crippen LogP contribution in [0.1, 0.15) is 76.5 Å². The number of carbonyl (C=O) groups excluding carboxylic acids is 1. The standard InChI is InChI=1S/C31H38N4O3/c1-9-21(10-2)23-12-14-27(37-8)28-29(23)35(7)31(34-28)38-26-13-11-22(15-17(26)3)25(36)16-24-19(5)18(4)20(6)30(32)33-24/h11-15,21H,9-10,16H2,1-8H3,(H2,32,33). The lowest BCUT2D eigenvalue weighted by Gasteiger charge is -2.16. The summed E-state index contributed by atoms with van der Waals surface area (Å²) >= 11 is 0. The van der Waals surface area contributed by atoms with Crippen LogP contribution in [0.15, 0.2) is 30.3 Å². The number of benzene rings is 2. The number of nitrogen functional groups attached to an aromatic ring is 1. The Balaban J connectivity index is 1.64. The number of aromatic nitrogens is 3. The monoisotopic (exact) mass is 514 g/mol. The molecule has 4 aromatic rings. The number of anilines is 1. The van der Waals surface area contributed by atoms with E-state index in [1.165, 1.54) is 5.56 Å². The van der Waals surface area contributed by atoms with Gasteiger partial charge in [-0.3, -0.25) is 9.36 Å². The summed E-state index contributed by atoms with van der Waals surface area (Å²) in [6.45, 7) is 12.3. The molecule has 0 spiro atoms. The number of hydrogen-bond acceptors (Lipinski definition) is 6. The van der Waals surface area contributed by atoms with Crippen LogP contribution in [0.2, 0.25) is 0 Å². The molecular formula is C31H38N4O3. The molecule has 0 fully saturated rings. The van der Waals surface area contributed by atoms with Crippen LogP contribution < -0.4 is 15.2 Å². The first-order chi connectivity index (χ1) is 18.1. The van der Waals surface area contributed by atoms with E-state index >= 15 is 0 Å². The van der Waals surface area contributed by atoms with Gasteiger partial charge in [0.1, 0.15) is 22.8 Å². The Kier molecular flexibility index (Phi) is 7.76. The molecule has 0 aliphatic rings. The van der Waals surface area contributed by atoms with E-state index in [-0.39, 0.29) is 12.2 Å². The van der Waals surface area contributed by atoms with E-state index in [2.05, 4.69) is 24.9 Å². The van der Waals surface area contributed by atoms with Gasteiger partial charge in [-0.25, -0.2) is 4.98 Å². The number of imidazole rings is 1. The number of nitrogens with two attached hydrogens (primary N) is 1. The third kappa shape index (κ3) is 4.85. The van der Waals surface area contributed by atoms with Gasteiger partial charge in [0.05, 0.1) is 24.7 Å². The average Bonchev–Trinajstić information content (AvgIpc) is 3.23. The number of rotatable bonds is 9. The number of hydrogen-bond donors (Lipinski definition) is 1. The van der Waals surface area contributed by atoms with Crippen LogP contribution in [0, 0.1) is 27.7 Å². The Morgan fingerprint density at radius 2 is 1.66 bits per heavy atom. The van der Waals surface area contributed by atoms with Crippen molar-refractivity contribution in [2.75, 3.05) is 12.8 Å². The summed E-state index contributed by atoms with van der Waals surface area (Å²) in [6, 6.07) is 10.1. The maximum Gasteiger partial charge on any atom is 0.302 e. The van der Waals surface area contributed by atoms with Crippen LogP contribution in [-0.2, 0) is 13.5 Å². The Morgan fingerprint density at radius 1 is 0.974 bits per heavy atom. The number of pyridine rings is 1. The highest BCUT2D eigenvalue weighted by Crippen LogP contribution is 2.38. The van der Waals surface area contributed by atoms with Crippen molar-refractivity contribution in [1.82, 2.24) is 14.5 Å². The summed E-state index contributed by atoms with van der Waals surface area (Å²) in [5.41, 5.74) is 14.3. The summed E-state index contributed by atoms with van der Waals surface area (Å²) in [5, 5.41) is 0. The molecule has 2 aromatic heterocycles. The zero-order valence-corrected chi connectivity index (χ0v) is 23.7. The van der Waals surface area contributed by atoms with Crippen molar-refractivity contribution < 1.29 is 14.3 Å². The first kappa shape index (κ1) is 27.2. The van der Waals surface area contributed by atoms with Crippen LogP contribution in [-0.4, -0.2) is 27.4 Å². The second kappa shape index (κ2) is 10.9. The highest BCUT2D eigenvalue weighted by molar-refractivity contribution is 5.98. The van der Waals surface area contributed by atoms with E-state index in [0.717, 1.165) is 51.8 Å².